The molecule has 0 atom stereocenters. The molecule has 1 aromatic carbocycles. The molecule has 2 aromatic rings. The molecule has 0 radical (unpaired) electrons. The van der Waals surface area contributed by atoms with E-state index in [1.54, 1.807) is 0 Å². The minimum atomic E-state index is 0.0151. The van der Waals surface area contributed by atoms with Gasteiger partial charge in [-0.05, 0) is 24.1 Å². The highest BCUT2D eigenvalue weighted by Crippen LogP contribution is 2.35. The molecule has 22 heavy (non-hydrogen) atoms. The Kier molecular flexibility index (Phi) is 4.83. The number of anilines is 2. The zero-order valence-electron chi connectivity index (χ0n) is 12.3. The van der Waals surface area contributed by atoms with Gasteiger partial charge in [0.1, 0.15) is 23.2 Å². The van der Waals surface area contributed by atoms with Gasteiger partial charge in [-0.3, -0.25) is 0 Å². The Morgan fingerprint density at radius 2 is 2.05 bits per heavy atom. The lowest BCUT2D eigenvalue weighted by atomic mass is 10.1. The van der Waals surface area contributed by atoms with Crippen molar-refractivity contribution in [1.82, 2.24) is 9.97 Å². The predicted molar refractivity (Wildman–Crippen MR) is 89.0 cm³/mol. The number of rotatable bonds is 4. The largest absolute Gasteiger partial charge is 0.493 e. The van der Waals surface area contributed by atoms with Gasteiger partial charge in [0.05, 0.1) is 12.3 Å². The van der Waals surface area contributed by atoms with Gasteiger partial charge in [0.25, 0.3) is 0 Å². The summed E-state index contributed by atoms with van der Waals surface area (Å²) in [4.78, 5) is 7.99. The van der Waals surface area contributed by atoms with Gasteiger partial charge in [0.2, 0.25) is 5.95 Å². The van der Waals surface area contributed by atoms with E-state index in [0.29, 0.717) is 29.5 Å². The van der Waals surface area contributed by atoms with Gasteiger partial charge in [0, 0.05) is 10.0 Å². The van der Waals surface area contributed by atoms with Crippen LogP contribution in [-0.2, 0) is 0 Å². The van der Waals surface area contributed by atoms with Gasteiger partial charge in [-0.15, -0.1) is 0 Å². The molecule has 4 N–H and O–H groups in total. The molecule has 0 bridgehead atoms. The molecule has 6 nitrogen and oxygen atoms in total. The first-order valence-electron chi connectivity index (χ1n) is 6.68. The van der Waals surface area contributed by atoms with E-state index in [-0.39, 0.29) is 17.3 Å². The summed E-state index contributed by atoms with van der Waals surface area (Å²) in [5, 5.41) is 9.33. The van der Waals surface area contributed by atoms with Crippen LogP contribution in [0.5, 0.6) is 5.75 Å². The summed E-state index contributed by atoms with van der Waals surface area (Å²) in [5.41, 5.74) is 12.6. The highest BCUT2D eigenvalue weighted by Gasteiger charge is 2.17. The van der Waals surface area contributed by atoms with Gasteiger partial charge in [0.15, 0.2) is 0 Å². The molecular weight excluding hydrogens is 346 g/mol. The second-order valence-electron chi connectivity index (χ2n) is 5.15. The molecule has 2 rings (SSSR count). The van der Waals surface area contributed by atoms with Crippen LogP contribution in [0.1, 0.15) is 19.4 Å². The zero-order valence-corrected chi connectivity index (χ0v) is 13.9. The maximum Gasteiger partial charge on any atom is 0.222 e. The number of nitrogens with two attached hydrogens (primary N) is 2. The third-order valence-electron chi connectivity index (χ3n) is 2.84. The molecule has 1 aromatic heterocycles. The lowest BCUT2D eigenvalue weighted by Crippen LogP contribution is -2.08. The zero-order chi connectivity index (χ0) is 16.3. The fourth-order valence-electron chi connectivity index (χ4n) is 1.87. The number of nitrogens with zero attached hydrogens (tertiary/aromatic N) is 3. The van der Waals surface area contributed by atoms with Crippen molar-refractivity contribution < 1.29 is 4.74 Å². The number of ether oxygens (including phenoxy) is 1. The normalized spacial score (nSPS) is 10.5. The number of hydrogen-bond donors (Lipinski definition) is 2. The third-order valence-corrected chi connectivity index (χ3v) is 3.33. The summed E-state index contributed by atoms with van der Waals surface area (Å²) in [7, 11) is 0. The quantitative estimate of drug-likeness (QED) is 0.865. The molecule has 114 valence electrons. The van der Waals surface area contributed by atoms with Gasteiger partial charge in [-0.25, -0.2) is 4.98 Å². The highest BCUT2D eigenvalue weighted by atomic mass is 79.9. The summed E-state index contributed by atoms with van der Waals surface area (Å²) < 4.78 is 6.65. The fourth-order valence-corrected chi connectivity index (χ4v) is 2.23. The monoisotopic (exact) mass is 361 g/mol. The van der Waals surface area contributed by atoms with E-state index in [4.69, 9.17) is 16.2 Å². The average molecular weight is 362 g/mol. The summed E-state index contributed by atoms with van der Waals surface area (Å²) >= 11 is 3.41. The Hall–Kier alpha value is -2.33. The molecule has 0 spiro atoms. The van der Waals surface area contributed by atoms with Crippen LogP contribution in [0.15, 0.2) is 22.7 Å². The van der Waals surface area contributed by atoms with Crippen LogP contribution in [0, 0.1) is 17.2 Å². The summed E-state index contributed by atoms with van der Waals surface area (Å²) in [5.74, 6) is 1.06. The number of hydrogen-bond acceptors (Lipinski definition) is 6. The Morgan fingerprint density at radius 1 is 1.32 bits per heavy atom. The van der Waals surface area contributed by atoms with Crippen LogP contribution < -0.4 is 16.2 Å². The lowest BCUT2D eigenvalue weighted by molar-refractivity contribution is 0.272. The number of nitriles is 1. The molecule has 0 aliphatic heterocycles. The van der Waals surface area contributed by atoms with E-state index < -0.39 is 0 Å². The minimum absolute atomic E-state index is 0.0151. The van der Waals surface area contributed by atoms with Crippen molar-refractivity contribution in [3.8, 4) is 23.1 Å². The van der Waals surface area contributed by atoms with Gasteiger partial charge < -0.3 is 16.2 Å². The van der Waals surface area contributed by atoms with E-state index in [1.807, 2.05) is 24.3 Å². The van der Waals surface area contributed by atoms with Gasteiger partial charge >= 0.3 is 0 Å². The molecule has 7 heteroatoms. The van der Waals surface area contributed by atoms with Gasteiger partial charge in [-0.1, -0.05) is 29.8 Å². The molecule has 0 unspecified atom stereocenters. The van der Waals surface area contributed by atoms with Crippen LogP contribution in [0.25, 0.3) is 11.3 Å². The highest BCUT2D eigenvalue weighted by molar-refractivity contribution is 9.10. The Labute approximate surface area is 137 Å². The third kappa shape index (κ3) is 3.46. The number of benzene rings is 1. The standard InChI is InChI=1S/C15H16BrN5O/c1-8(2)7-22-12-4-3-9(16)5-10(12)13-11(6-17)14(18)21-15(19)20-13/h3-5,8H,7H2,1-2H3,(H4,18,19,20,21). The second kappa shape index (κ2) is 6.62. The van der Waals surface area contributed by atoms with E-state index in [9.17, 15) is 5.26 Å². The molecule has 0 saturated carbocycles. The molecule has 0 amide bonds. The van der Waals surface area contributed by atoms with Crippen molar-refractivity contribution in [3.63, 3.8) is 0 Å². The van der Waals surface area contributed by atoms with Crippen molar-refractivity contribution in [2.75, 3.05) is 18.1 Å². The van der Waals surface area contributed by atoms with Crippen LogP contribution in [-0.4, -0.2) is 16.6 Å². The number of aromatic nitrogens is 2. The van der Waals surface area contributed by atoms with Crippen molar-refractivity contribution >= 4 is 27.7 Å². The second-order valence-corrected chi connectivity index (χ2v) is 6.06. The van der Waals surface area contributed by atoms with Crippen molar-refractivity contribution in [1.29, 1.82) is 5.26 Å². The van der Waals surface area contributed by atoms with Crippen LogP contribution in [0.2, 0.25) is 0 Å². The van der Waals surface area contributed by atoms with Crippen molar-refractivity contribution in [3.05, 3.63) is 28.2 Å². The topological polar surface area (TPSA) is 111 Å². The van der Waals surface area contributed by atoms with Crippen LogP contribution in [0.4, 0.5) is 11.8 Å². The number of halogens is 1. The molecule has 0 saturated heterocycles. The van der Waals surface area contributed by atoms with E-state index in [1.165, 1.54) is 0 Å². The van der Waals surface area contributed by atoms with Crippen molar-refractivity contribution in [2.24, 2.45) is 5.92 Å². The molecule has 0 aliphatic carbocycles. The maximum absolute atomic E-state index is 9.33. The summed E-state index contributed by atoms with van der Waals surface area (Å²) in [6, 6.07) is 7.52. The fraction of sp³-hybridized carbons (Fsp3) is 0.267. The Balaban J connectivity index is 2.61. The summed E-state index contributed by atoms with van der Waals surface area (Å²) in [6.07, 6.45) is 0. The van der Waals surface area contributed by atoms with E-state index in [2.05, 4.69) is 39.7 Å². The first kappa shape index (κ1) is 16.0. The molecule has 0 aliphatic rings. The van der Waals surface area contributed by atoms with E-state index >= 15 is 0 Å². The minimum Gasteiger partial charge on any atom is -0.493 e. The maximum atomic E-state index is 9.33. The average Bonchev–Trinajstić information content (AvgIpc) is 2.45. The predicted octanol–water partition coefficient (Wildman–Crippen LogP) is 2.98. The number of nitrogen functional groups attached to an aromatic ring is 2. The van der Waals surface area contributed by atoms with Crippen LogP contribution >= 0.6 is 15.9 Å². The summed E-state index contributed by atoms with van der Waals surface area (Å²) in [6.45, 7) is 4.66. The first-order chi connectivity index (χ1) is 10.4. The molecule has 0 fully saturated rings. The Morgan fingerprint density at radius 3 is 2.68 bits per heavy atom. The lowest BCUT2D eigenvalue weighted by Gasteiger charge is -2.14. The van der Waals surface area contributed by atoms with Crippen LogP contribution in [0.3, 0.4) is 0 Å². The first-order valence-corrected chi connectivity index (χ1v) is 7.47. The van der Waals surface area contributed by atoms with E-state index in [0.717, 1.165) is 4.47 Å². The Bertz CT molecular complexity index is 739. The van der Waals surface area contributed by atoms with Crippen molar-refractivity contribution in [2.45, 2.75) is 13.8 Å². The van der Waals surface area contributed by atoms with Gasteiger partial charge in [-0.2, -0.15) is 10.2 Å². The molecular formula is C15H16BrN5O. The smallest absolute Gasteiger partial charge is 0.222 e. The molecule has 1 heterocycles. The SMILES string of the molecule is CC(C)COc1ccc(Br)cc1-c1nc(N)nc(N)c1C#N.